The maximum Gasteiger partial charge on any atom is 0.149 e. The first-order valence-electron chi connectivity index (χ1n) is 5.94. The van der Waals surface area contributed by atoms with Crippen molar-refractivity contribution in [2.24, 2.45) is 0 Å². The van der Waals surface area contributed by atoms with Gasteiger partial charge in [0.2, 0.25) is 0 Å². The summed E-state index contributed by atoms with van der Waals surface area (Å²) in [5, 5.41) is 3.36. The van der Waals surface area contributed by atoms with Crippen molar-refractivity contribution in [1.82, 2.24) is 9.97 Å². The average molecular weight is 234 g/mol. The van der Waals surface area contributed by atoms with Crippen LogP contribution in [0, 0.1) is 0 Å². The van der Waals surface area contributed by atoms with Crippen LogP contribution in [0.25, 0.3) is 0 Å². The molecule has 1 aliphatic carbocycles. The molecule has 1 aromatic heterocycles. The highest BCUT2D eigenvalue weighted by Gasteiger charge is 2.17. The van der Waals surface area contributed by atoms with E-state index in [9.17, 15) is 4.79 Å². The van der Waals surface area contributed by atoms with Gasteiger partial charge in [-0.15, -0.1) is 0 Å². The highest BCUT2D eigenvalue weighted by molar-refractivity contribution is 5.80. The second-order valence-electron chi connectivity index (χ2n) is 4.59. The Bertz CT molecular complexity index is 403. The minimum atomic E-state index is 0.125. The minimum absolute atomic E-state index is 0.125. The van der Waals surface area contributed by atoms with Crippen molar-refractivity contribution < 1.29 is 4.79 Å². The minimum Gasteiger partial charge on any atom is -0.367 e. The summed E-state index contributed by atoms with van der Waals surface area (Å²) in [7, 11) is 1.86. The Balaban J connectivity index is 2.01. The average Bonchev–Trinajstić information content (AvgIpc) is 2.23. The molecule has 0 saturated heterocycles. The Morgan fingerprint density at radius 3 is 2.88 bits per heavy atom. The zero-order valence-electron chi connectivity index (χ0n) is 10.3. The molecule has 1 aliphatic rings. The van der Waals surface area contributed by atoms with Gasteiger partial charge in [0, 0.05) is 19.2 Å². The summed E-state index contributed by atoms with van der Waals surface area (Å²) in [5.41, 5.74) is 0. The third-order valence-corrected chi connectivity index (χ3v) is 2.96. The molecule has 0 aromatic carbocycles. The highest BCUT2D eigenvalue weighted by Crippen LogP contribution is 2.23. The number of rotatable bonds is 5. The number of ketones is 1. The summed E-state index contributed by atoms with van der Waals surface area (Å²) in [5.74, 6) is 1.74. The standard InChI is InChI=1S/C12H18N4O/c1-9(17)7-16(2)12-6-11(13-8-14-12)15-10-4-3-5-10/h6,8,10H,3-5,7H2,1-2H3,(H,13,14,15). The van der Waals surface area contributed by atoms with Crippen molar-refractivity contribution in [2.75, 3.05) is 23.8 Å². The van der Waals surface area contributed by atoms with E-state index in [0.717, 1.165) is 11.6 Å². The lowest BCUT2D eigenvalue weighted by atomic mass is 9.93. The maximum atomic E-state index is 11.0. The first-order valence-corrected chi connectivity index (χ1v) is 5.94. The number of hydrogen-bond acceptors (Lipinski definition) is 5. The van der Waals surface area contributed by atoms with Crippen LogP contribution in [-0.4, -0.2) is 35.4 Å². The van der Waals surface area contributed by atoms with Crippen LogP contribution in [-0.2, 0) is 4.79 Å². The van der Waals surface area contributed by atoms with Gasteiger partial charge in [-0.2, -0.15) is 0 Å². The van der Waals surface area contributed by atoms with Crippen molar-refractivity contribution in [3.8, 4) is 0 Å². The van der Waals surface area contributed by atoms with Crippen LogP contribution in [0.5, 0.6) is 0 Å². The predicted molar refractivity (Wildman–Crippen MR) is 67.2 cm³/mol. The van der Waals surface area contributed by atoms with Crippen molar-refractivity contribution >= 4 is 17.4 Å². The highest BCUT2D eigenvalue weighted by atomic mass is 16.1. The number of nitrogens with zero attached hydrogens (tertiary/aromatic N) is 3. The second-order valence-corrected chi connectivity index (χ2v) is 4.59. The first kappa shape index (κ1) is 11.8. The molecule has 1 fully saturated rings. The summed E-state index contributed by atoms with van der Waals surface area (Å²) in [4.78, 5) is 21.2. The largest absolute Gasteiger partial charge is 0.367 e. The van der Waals surface area contributed by atoms with Gasteiger partial charge < -0.3 is 10.2 Å². The van der Waals surface area contributed by atoms with Crippen LogP contribution in [0.2, 0.25) is 0 Å². The van der Waals surface area contributed by atoms with E-state index in [2.05, 4.69) is 15.3 Å². The molecular formula is C12H18N4O. The number of carbonyl (C=O) groups excluding carboxylic acids is 1. The predicted octanol–water partition coefficient (Wildman–Crippen LogP) is 1.47. The Morgan fingerprint density at radius 2 is 2.29 bits per heavy atom. The van der Waals surface area contributed by atoms with Crippen LogP contribution in [0.1, 0.15) is 26.2 Å². The molecule has 1 aromatic rings. The number of likely N-dealkylation sites (N-methyl/N-ethyl adjacent to an activating group) is 1. The lowest BCUT2D eigenvalue weighted by Gasteiger charge is -2.27. The van der Waals surface area contributed by atoms with Gasteiger partial charge in [-0.1, -0.05) is 0 Å². The summed E-state index contributed by atoms with van der Waals surface area (Å²) in [6, 6.07) is 2.44. The van der Waals surface area contributed by atoms with Crippen molar-refractivity contribution in [2.45, 2.75) is 32.2 Å². The van der Waals surface area contributed by atoms with Gasteiger partial charge in [-0.3, -0.25) is 4.79 Å². The molecule has 17 heavy (non-hydrogen) atoms. The molecule has 0 bridgehead atoms. The topological polar surface area (TPSA) is 58.1 Å². The van der Waals surface area contributed by atoms with Crippen LogP contribution in [0.15, 0.2) is 12.4 Å². The Morgan fingerprint density at radius 1 is 1.53 bits per heavy atom. The van der Waals surface area contributed by atoms with Gasteiger partial charge in [0.15, 0.2) is 0 Å². The lowest BCUT2D eigenvalue weighted by molar-refractivity contribution is -0.115. The fourth-order valence-electron chi connectivity index (χ4n) is 1.81. The molecule has 0 unspecified atom stereocenters. The van der Waals surface area contributed by atoms with Crippen molar-refractivity contribution in [1.29, 1.82) is 0 Å². The third-order valence-electron chi connectivity index (χ3n) is 2.96. The summed E-state index contributed by atoms with van der Waals surface area (Å²) in [6.45, 7) is 1.95. The number of aromatic nitrogens is 2. The monoisotopic (exact) mass is 234 g/mol. The first-order chi connectivity index (χ1) is 8.15. The molecule has 2 rings (SSSR count). The van der Waals surface area contributed by atoms with Gasteiger partial charge in [-0.05, 0) is 26.2 Å². The van der Waals surface area contributed by atoms with Gasteiger partial charge in [0.25, 0.3) is 0 Å². The number of nitrogens with one attached hydrogen (secondary N) is 1. The van der Waals surface area contributed by atoms with Crippen LogP contribution in [0.4, 0.5) is 11.6 Å². The molecule has 92 valence electrons. The SMILES string of the molecule is CC(=O)CN(C)c1cc(NC2CCC2)ncn1. The summed E-state index contributed by atoms with van der Waals surface area (Å²) in [6.07, 6.45) is 5.25. The third kappa shape index (κ3) is 3.15. The number of Topliss-reactive ketones (excluding diaryl/α,β-unsaturated/α-hetero) is 1. The summed E-state index contributed by atoms with van der Waals surface area (Å²) >= 11 is 0. The molecule has 0 amide bonds. The molecule has 5 nitrogen and oxygen atoms in total. The van der Waals surface area contributed by atoms with Crippen LogP contribution in [0.3, 0.4) is 0 Å². The number of anilines is 2. The fourth-order valence-corrected chi connectivity index (χ4v) is 1.81. The van der Waals surface area contributed by atoms with E-state index in [4.69, 9.17) is 0 Å². The van der Waals surface area contributed by atoms with E-state index in [-0.39, 0.29) is 5.78 Å². The van der Waals surface area contributed by atoms with Crippen molar-refractivity contribution in [3.05, 3.63) is 12.4 Å². The van der Waals surface area contributed by atoms with E-state index in [0.29, 0.717) is 12.6 Å². The quantitative estimate of drug-likeness (QED) is 0.836. The zero-order chi connectivity index (χ0) is 12.3. The molecule has 0 atom stereocenters. The molecule has 0 spiro atoms. The molecule has 1 N–H and O–H groups in total. The Kier molecular flexibility index (Phi) is 3.56. The van der Waals surface area contributed by atoms with E-state index in [1.165, 1.54) is 25.6 Å². The summed E-state index contributed by atoms with van der Waals surface area (Å²) < 4.78 is 0. The maximum absolute atomic E-state index is 11.0. The molecule has 1 saturated carbocycles. The normalized spacial score (nSPS) is 15.2. The number of carbonyl (C=O) groups is 1. The van der Waals surface area contributed by atoms with Crippen molar-refractivity contribution in [3.63, 3.8) is 0 Å². The lowest BCUT2D eigenvalue weighted by Crippen LogP contribution is -2.28. The van der Waals surface area contributed by atoms with Crippen LogP contribution < -0.4 is 10.2 Å². The van der Waals surface area contributed by atoms with Gasteiger partial charge in [0.05, 0.1) is 6.54 Å². The van der Waals surface area contributed by atoms with Gasteiger partial charge in [0.1, 0.15) is 23.7 Å². The number of hydrogen-bond donors (Lipinski definition) is 1. The van der Waals surface area contributed by atoms with E-state index >= 15 is 0 Å². The molecule has 1 heterocycles. The van der Waals surface area contributed by atoms with Gasteiger partial charge >= 0.3 is 0 Å². The molecule has 0 radical (unpaired) electrons. The van der Waals surface area contributed by atoms with E-state index in [1.807, 2.05) is 18.0 Å². The Hall–Kier alpha value is -1.65. The zero-order valence-corrected chi connectivity index (χ0v) is 10.3. The molecular weight excluding hydrogens is 216 g/mol. The van der Waals surface area contributed by atoms with E-state index in [1.54, 1.807) is 6.92 Å². The second kappa shape index (κ2) is 5.12. The van der Waals surface area contributed by atoms with Crippen LogP contribution >= 0.6 is 0 Å². The Labute approximate surface area is 101 Å². The smallest absolute Gasteiger partial charge is 0.149 e. The van der Waals surface area contributed by atoms with Gasteiger partial charge in [-0.25, -0.2) is 9.97 Å². The molecule has 5 heteroatoms. The van der Waals surface area contributed by atoms with E-state index < -0.39 is 0 Å². The molecule has 0 aliphatic heterocycles. The fraction of sp³-hybridized carbons (Fsp3) is 0.583.